The van der Waals surface area contributed by atoms with E-state index in [4.69, 9.17) is 0 Å². The number of nitrogens with one attached hydrogen (secondary N) is 1. The third kappa shape index (κ3) is 2.73. The second-order valence-electron chi connectivity index (χ2n) is 6.79. The minimum absolute atomic E-state index is 0.124. The number of hydrogen-bond acceptors (Lipinski definition) is 4. The average molecular weight is 360 g/mol. The Morgan fingerprint density at radius 1 is 1.04 bits per heavy atom. The van der Waals surface area contributed by atoms with Crippen molar-refractivity contribution in [1.82, 2.24) is 5.32 Å². The fourth-order valence-corrected chi connectivity index (χ4v) is 5.39. The van der Waals surface area contributed by atoms with Crippen LogP contribution in [0.15, 0.2) is 52.3 Å². The van der Waals surface area contributed by atoms with E-state index in [9.17, 15) is 12.8 Å². The van der Waals surface area contributed by atoms with E-state index in [1.165, 1.54) is 24.3 Å². The van der Waals surface area contributed by atoms with Crippen LogP contribution in [-0.2, 0) is 9.84 Å². The van der Waals surface area contributed by atoms with Crippen LogP contribution in [0.1, 0.15) is 24.3 Å². The van der Waals surface area contributed by atoms with Crippen molar-refractivity contribution in [3.63, 3.8) is 0 Å². The van der Waals surface area contributed by atoms with Crippen molar-refractivity contribution in [2.45, 2.75) is 34.6 Å². The second kappa shape index (κ2) is 6.11. The number of halogens is 1. The molecule has 1 saturated heterocycles. The molecule has 0 aliphatic carbocycles. The maximum absolute atomic E-state index is 13.1. The maximum atomic E-state index is 13.1. The van der Waals surface area contributed by atoms with Crippen molar-refractivity contribution in [3.8, 4) is 0 Å². The van der Waals surface area contributed by atoms with E-state index in [2.05, 4.69) is 17.3 Å². The zero-order valence-corrected chi connectivity index (χ0v) is 14.9. The lowest BCUT2D eigenvalue weighted by molar-refractivity contribution is 0.531. The summed E-state index contributed by atoms with van der Waals surface area (Å²) >= 11 is 0. The number of benzene rings is 2. The van der Waals surface area contributed by atoms with E-state index < -0.39 is 15.7 Å². The van der Waals surface area contributed by atoms with Gasteiger partial charge in [-0.2, -0.15) is 0 Å². The van der Waals surface area contributed by atoms with Crippen molar-refractivity contribution in [2.75, 3.05) is 25.0 Å². The number of rotatable bonds is 2. The van der Waals surface area contributed by atoms with Crippen LogP contribution in [0, 0.1) is 5.82 Å². The van der Waals surface area contributed by atoms with Crippen LogP contribution in [0.3, 0.4) is 0 Å². The molecule has 1 N–H and O–H groups in total. The Balaban J connectivity index is 1.77. The molecule has 2 aliphatic heterocycles. The minimum Gasteiger partial charge on any atom is -0.371 e. The van der Waals surface area contributed by atoms with Gasteiger partial charge in [0.05, 0.1) is 9.79 Å². The van der Waals surface area contributed by atoms with Crippen LogP contribution in [0.5, 0.6) is 0 Å². The number of nitrogens with zero attached hydrogens (tertiary/aromatic N) is 1. The highest BCUT2D eigenvalue weighted by molar-refractivity contribution is 7.91. The van der Waals surface area contributed by atoms with Crippen LogP contribution < -0.4 is 10.2 Å². The first-order valence-electron chi connectivity index (χ1n) is 8.56. The van der Waals surface area contributed by atoms with Gasteiger partial charge in [-0.05, 0) is 74.0 Å². The van der Waals surface area contributed by atoms with Gasteiger partial charge >= 0.3 is 0 Å². The van der Waals surface area contributed by atoms with Gasteiger partial charge in [0.1, 0.15) is 5.82 Å². The summed E-state index contributed by atoms with van der Waals surface area (Å²) in [5.41, 5.74) is 2.23. The van der Waals surface area contributed by atoms with Crippen LogP contribution in [-0.4, -0.2) is 34.6 Å². The van der Waals surface area contributed by atoms with Gasteiger partial charge in [-0.3, -0.25) is 0 Å². The highest BCUT2D eigenvalue weighted by Gasteiger charge is 2.37. The predicted octanol–water partition coefficient (Wildman–Crippen LogP) is 2.94. The van der Waals surface area contributed by atoms with Crippen LogP contribution in [0.25, 0.3) is 0 Å². The number of anilines is 1. The van der Waals surface area contributed by atoms with Gasteiger partial charge in [0.25, 0.3) is 0 Å². The Hall–Kier alpha value is -1.92. The Morgan fingerprint density at radius 2 is 1.72 bits per heavy atom. The second-order valence-corrected chi connectivity index (χ2v) is 8.74. The molecule has 25 heavy (non-hydrogen) atoms. The number of hydrogen-bond donors (Lipinski definition) is 1. The summed E-state index contributed by atoms with van der Waals surface area (Å²) in [5, 5.41) is 3.42. The molecule has 2 aliphatic rings. The molecule has 1 fully saturated rings. The van der Waals surface area contributed by atoms with E-state index in [0.717, 1.165) is 37.2 Å². The molecule has 0 spiro atoms. The molecule has 0 amide bonds. The fraction of sp³-hybridized carbons (Fsp3) is 0.368. The monoisotopic (exact) mass is 360 g/mol. The van der Waals surface area contributed by atoms with Gasteiger partial charge < -0.3 is 10.2 Å². The highest BCUT2D eigenvalue weighted by atomic mass is 32.2. The Kier molecular flexibility index (Phi) is 4.04. The van der Waals surface area contributed by atoms with Crippen LogP contribution in [0.2, 0.25) is 0 Å². The van der Waals surface area contributed by atoms with Crippen LogP contribution in [0.4, 0.5) is 10.1 Å². The first kappa shape index (κ1) is 16.5. The molecule has 2 atom stereocenters. The Morgan fingerprint density at radius 3 is 2.48 bits per heavy atom. The first-order valence-corrected chi connectivity index (χ1v) is 10.0. The third-order valence-electron chi connectivity index (χ3n) is 5.42. The zero-order chi connectivity index (χ0) is 17.6. The molecule has 2 aromatic rings. The molecular weight excluding hydrogens is 339 g/mol. The Bertz CT molecular complexity index is 896. The summed E-state index contributed by atoms with van der Waals surface area (Å²) in [6.07, 6.45) is 2.05. The lowest BCUT2D eigenvalue weighted by Crippen LogP contribution is -2.30. The summed E-state index contributed by atoms with van der Waals surface area (Å²) < 4.78 is 38.9. The van der Waals surface area contributed by atoms with Crippen molar-refractivity contribution < 1.29 is 12.8 Å². The van der Waals surface area contributed by atoms with E-state index in [-0.39, 0.29) is 9.79 Å². The number of likely N-dealkylation sites (N-methyl/N-ethyl adjacent to an activating group) is 1. The molecule has 4 rings (SSSR count). The molecule has 0 aromatic heterocycles. The van der Waals surface area contributed by atoms with E-state index in [1.807, 2.05) is 12.1 Å². The molecule has 0 saturated carbocycles. The summed E-state index contributed by atoms with van der Waals surface area (Å²) in [4.78, 5) is 2.68. The van der Waals surface area contributed by atoms with E-state index in [0.29, 0.717) is 12.0 Å². The zero-order valence-electron chi connectivity index (χ0n) is 14.1. The van der Waals surface area contributed by atoms with Crippen LogP contribution >= 0.6 is 0 Å². The van der Waals surface area contributed by atoms with Gasteiger partial charge in [-0.25, -0.2) is 12.8 Å². The number of sulfone groups is 1. The van der Waals surface area contributed by atoms with Gasteiger partial charge in [0.2, 0.25) is 9.84 Å². The molecule has 0 unspecified atom stereocenters. The summed E-state index contributed by atoms with van der Waals surface area (Å²) in [6, 6.07) is 10.8. The fourth-order valence-electron chi connectivity index (χ4n) is 4.10. The SMILES string of the molecule is CN1c2ccc(S(=O)(=O)c3ccc(F)cc3)cc2[C@@H]2CCNCC[C@H]21. The Labute approximate surface area is 147 Å². The lowest BCUT2D eigenvalue weighted by atomic mass is 9.91. The standard InChI is InChI=1S/C19H21FN2O2S/c1-22-18-7-6-15(25(23,24)14-4-2-13(20)3-5-14)12-17(18)16-8-10-21-11-9-19(16)22/h2-7,12,16,19,21H,8-11H2,1H3/t16-,19+/m0/s1. The molecule has 2 heterocycles. The molecule has 2 aromatic carbocycles. The third-order valence-corrected chi connectivity index (χ3v) is 7.19. The molecular formula is C19H21FN2O2S. The molecule has 6 heteroatoms. The summed E-state index contributed by atoms with van der Waals surface area (Å²) in [6.45, 7) is 1.93. The quantitative estimate of drug-likeness (QED) is 0.837. The van der Waals surface area contributed by atoms with Crippen molar-refractivity contribution in [1.29, 1.82) is 0 Å². The minimum atomic E-state index is -3.64. The summed E-state index contributed by atoms with van der Waals surface area (Å²) in [7, 11) is -1.56. The molecule has 132 valence electrons. The van der Waals surface area contributed by atoms with Crippen molar-refractivity contribution in [2.24, 2.45) is 0 Å². The molecule has 0 bridgehead atoms. The highest BCUT2D eigenvalue weighted by Crippen LogP contribution is 2.44. The van der Waals surface area contributed by atoms with Crippen molar-refractivity contribution >= 4 is 15.5 Å². The largest absolute Gasteiger partial charge is 0.371 e. The van der Waals surface area contributed by atoms with Gasteiger partial charge in [-0.1, -0.05) is 0 Å². The predicted molar refractivity (Wildman–Crippen MR) is 95.3 cm³/mol. The van der Waals surface area contributed by atoms with Gasteiger partial charge in [-0.15, -0.1) is 0 Å². The van der Waals surface area contributed by atoms with Gasteiger partial charge in [0.15, 0.2) is 0 Å². The molecule has 4 nitrogen and oxygen atoms in total. The normalized spacial score (nSPS) is 23.0. The number of fused-ring (bicyclic) bond motifs is 3. The first-order chi connectivity index (χ1) is 12.0. The average Bonchev–Trinajstić information content (AvgIpc) is 2.78. The topological polar surface area (TPSA) is 49.4 Å². The van der Waals surface area contributed by atoms with Gasteiger partial charge in [0, 0.05) is 24.7 Å². The lowest BCUT2D eigenvalue weighted by Gasteiger charge is -2.24. The smallest absolute Gasteiger partial charge is 0.206 e. The van der Waals surface area contributed by atoms with E-state index >= 15 is 0 Å². The maximum Gasteiger partial charge on any atom is 0.206 e. The van der Waals surface area contributed by atoms with E-state index in [1.54, 1.807) is 6.07 Å². The van der Waals surface area contributed by atoms with Crippen molar-refractivity contribution in [3.05, 3.63) is 53.8 Å². The molecule has 0 radical (unpaired) electrons. The summed E-state index contributed by atoms with van der Waals surface area (Å²) in [5.74, 6) is -0.0957.